The van der Waals surface area contributed by atoms with E-state index in [-0.39, 0.29) is 18.4 Å². The molecule has 0 spiro atoms. The lowest BCUT2D eigenvalue weighted by molar-refractivity contribution is -0.120. The number of nitrogens with zero attached hydrogens (tertiary/aromatic N) is 1. The highest BCUT2D eigenvalue weighted by Gasteiger charge is 2.27. The maximum absolute atomic E-state index is 12.3. The van der Waals surface area contributed by atoms with Gasteiger partial charge in [-0.15, -0.1) is 0 Å². The SMILES string of the molecule is CCOc1ccc(C(=O)NCC(=O)NCC(C(CC)CC)N2CCOCC2)cc1. The van der Waals surface area contributed by atoms with Crippen LogP contribution in [0, 0.1) is 5.92 Å². The number of benzene rings is 1. The lowest BCUT2D eigenvalue weighted by Gasteiger charge is -2.38. The third kappa shape index (κ3) is 7.33. The largest absolute Gasteiger partial charge is 0.494 e. The van der Waals surface area contributed by atoms with Crippen molar-refractivity contribution in [1.82, 2.24) is 15.5 Å². The Morgan fingerprint density at radius 1 is 1.07 bits per heavy atom. The number of ether oxygens (including phenoxy) is 2. The molecular formula is C22H35N3O4. The van der Waals surface area contributed by atoms with Gasteiger partial charge in [0.15, 0.2) is 0 Å². The topological polar surface area (TPSA) is 79.9 Å². The van der Waals surface area contributed by atoms with Crippen molar-refractivity contribution < 1.29 is 19.1 Å². The number of hydrogen-bond acceptors (Lipinski definition) is 5. The fourth-order valence-corrected chi connectivity index (χ4v) is 3.75. The Bertz CT molecular complexity index is 625. The molecule has 0 radical (unpaired) electrons. The standard InChI is InChI=1S/C22H35N3O4/c1-4-17(5-2)20(25-11-13-28-14-12-25)15-23-21(26)16-24-22(27)18-7-9-19(10-8-18)29-6-3/h7-10,17,20H,4-6,11-16H2,1-3H3,(H,23,26)(H,24,27). The van der Waals surface area contributed by atoms with Crippen LogP contribution in [-0.4, -0.2) is 68.8 Å². The van der Waals surface area contributed by atoms with Gasteiger partial charge >= 0.3 is 0 Å². The zero-order valence-electron chi connectivity index (χ0n) is 17.9. The van der Waals surface area contributed by atoms with Gasteiger partial charge in [-0.05, 0) is 37.1 Å². The van der Waals surface area contributed by atoms with Crippen LogP contribution in [0.2, 0.25) is 0 Å². The predicted molar refractivity (Wildman–Crippen MR) is 113 cm³/mol. The second-order valence-corrected chi connectivity index (χ2v) is 7.24. The summed E-state index contributed by atoms with van der Waals surface area (Å²) < 4.78 is 10.8. The summed E-state index contributed by atoms with van der Waals surface area (Å²) in [5.41, 5.74) is 0.504. The van der Waals surface area contributed by atoms with Gasteiger partial charge in [-0.25, -0.2) is 0 Å². The molecule has 2 rings (SSSR count). The monoisotopic (exact) mass is 405 g/mol. The minimum atomic E-state index is -0.270. The van der Waals surface area contributed by atoms with E-state index in [0.29, 0.717) is 30.7 Å². The van der Waals surface area contributed by atoms with Crippen molar-refractivity contribution in [3.8, 4) is 5.75 Å². The van der Waals surface area contributed by atoms with Crippen LogP contribution in [-0.2, 0) is 9.53 Å². The minimum absolute atomic E-state index is 0.0369. The first-order valence-electron chi connectivity index (χ1n) is 10.7. The summed E-state index contributed by atoms with van der Waals surface area (Å²) in [7, 11) is 0. The molecule has 7 heteroatoms. The first-order chi connectivity index (χ1) is 14.1. The van der Waals surface area contributed by atoms with Crippen molar-refractivity contribution in [2.24, 2.45) is 5.92 Å². The van der Waals surface area contributed by atoms with Crippen molar-refractivity contribution in [2.45, 2.75) is 39.7 Å². The van der Waals surface area contributed by atoms with Crippen molar-refractivity contribution in [3.05, 3.63) is 29.8 Å². The number of amides is 2. The van der Waals surface area contributed by atoms with Crippen LogP contribution in [0.1, 0.15) is 44.0 Å². The molecule has 1 aromatic carbocycles. The van der Waals surface area contributed by atoms with Crippen LogP contribution in [0.15, 0.2) is 24.3 Å². The number of carbonyl (C=O) groups is 2. The van der Waals surface area contributed by atoms with Gasteiger partial charge in [-0.3, -0.25) is 14.5 Å². The van der Waals surface area contributed by atoms with E-state index in [2.05, 4.69) is 29.4 Å². The molecule has 1 atom stereocenters. The molecule has 0 bridgehead atoms. The minimum Gasteiger partial charge on any atom is -0.494 e. The molecular weight excluding hydrogens is 370 g/mol. The van der Waals surface area contributed by atoms with Gasteiger partial charge in [-0.1, -0.05) is 26.7 Å². The summed E-state index contributed by atoms with van der Waals surface area (Å²) in [6.07, 6.45) is 2.14. The van der Waals surface area contributed by atoms with Crippen molar-refractivity contribution in [2.75, 3.05) is 46.0 Å². The summed E-state index contributed by atoms with van der Waals surface area (Å²) >= 11 is 0. The van der Waals surface area contributed by atoms with E-state index in [1.54, 1.807) is 24.3 Å². The molecule has 2 amide bonds. The van der Waals surface area contributed by atoms with Gasteiger partial charge < -0.3 is 20.1 Å². The van der Waals surface area contributed by atoms with Crippen LogP contribution in [0.5, 0.6) is 5.75 Å². The average molecular weight is 406 g/mol. The van der Waals surface area contributed by atoms with Crippen molar-refractivity contribution in [1.29, 1.82) is 0 Å². The highest BCUT2D eigenvalue weighted by molar-refractivity contribution is 5.96. The smallest absolute Gasteiger partial charge is 0.251 e. The second kappa shape index (κ2) is 12.4. The molecule has 2 N–H and O–H groups in total. The molecule has 1 heterocycles. The van der Waals surface area contributed by atoms with Gasteiger partial charge in [0.05, 0.1) is 26.4 Å². The summed E-state index contributed by atoms with van der Waals surface area (Å²) in [6.45, 7) is 10.7. The highest BCUT2D eigenvalue weighted by atomic mass is 16.5. The first kappa shape index (κ1) is 23.2. The molecule has 1 aromatic rings. The highest BCUT2D eigenvalue weighted by Crippen LogP contribution is 2.19. The van der Waals surface area contributed by atoms with E-state index in [9.17, 15) is 9.59 Å². The molecule has 162 valence electrons. The number of rotatable bonds is 11. The number of morpholine rings is 1. The quantitative estimate of drug-likeness (QED) is 0.589. The molecule has 0 aliphatic carbocycles. The fraction of sp³-hybridized carbons (Fsp3) is 0.636. The van der Waals surface area contributed by atoms with Crippen molar-refractivity contribution >= 4 is 11.8 Å². The Morgan fingerprint density at radius 3 is 2.31 bits per heavy atom. The molecule has 1 saturated heterocycles. The average Bonchev–Trinajstić information content (AvgIpc) is 2.76. The van der Waals surface area contributed by atoms with Crippen LogP contribution in [0.4, 0.5) is 0 Å². The number of carbonyl (C=O) groups excluding carboxylic acids is 2. The lowest BCUT2D eigenvalue weighted by Crippen LogP contribution is -2.52. The molecule has 1 fully saturated rings. The maximum Gasteiger partial charge on any atom is 0.251 e. The summed E-state index contributed by atoms with van der Waals surface area (Å²) in [5, 5.41) is 5.69. The van der Waals surface area contributed by atoms with E-state index in [1.807, 2.05) is 6.92 Å². The maximum atomic E-state index is 12.3. The number of nitrogens with one attached hydrogen (secondary N) is 2. The Kier molecular flexibility index (Phi) is 9.94. The summed E-state index contributed by atoms with van der Waals surface area (Å²) in [5.74, 6) is 0.797. The number of hydrogen-bond donors (Lipinski definition) is 2. The molecule has 29 heavy (non-hydrogen) atoms. The van der Waals surface area contributed by atoms with Gasteiger partial charge in [0.2, 0.25) is 5.91 Å². The Balaban J connectivity index is 1.82. The van der Waals surface area contributed by atoms with Gasteiger partial charge in [0.1, 0.15) is 5.75 Å². The van der Waals surface area contributed by atoms with Crippen LogP contribution in [0.25, 0.3) is 0 Å². The Hall–Kier alpha value is -2.12. The van der Waals surface area contributed by atoms with Gasteiger partial charge in [-0.2, -0.15) is 0 Å². The van der Waals surface area contributed by atoms with E-state index in [4.69, 9.17) is 9.47 Å². The van der Waals surface area contributed by atoms with Gasteiger partial charge in [0.25, 0.3) is 5.91 Å². The van der Waals surface area contributed by atoms with E-state index >= 15 is 0 Å². The lowest BCUT2D eigenvalue weighted by atomic mass is 9.92. The van der Waals surface area contributed by atoms with Crippen LogP contribution < -0.4 is 15.4 Å². The Morgan fingerprint density at radius 2 is 1.72 bits per heavy atom. The van der Waals surface area contributed by atoms with Crippen LogP contribution >= 0.6 is 0 Å². The molecule has 1 aliphatic rings. The van der Waals surface area contributed by atoms with E-state index in [0.717, 1.165) is 44.9 Å². The molecule has 0 aromatic heterocycles. The Labute approximate surface area is 174 Å². The normalized spacial score (nSPS) is 15.7. The first-order valence-corrected chi connectivity index (χ1v) is 10.7. The molecule has 0 saturated carbocycles. The second-order valence-electron chi connectivity index (χ2n) is 7.24. The van der Waals surface area contributed by atoms with Crippen molar-refractivity contribution in [3.63, 3.8) is 0 Å². The molecule has 1 aliphatic heterocycles. The van der Waals surface area contributed by atoms with E-state index in [1.165, 1.54) is 0 Å². The zero-order chi connectivity index (χ0) is 21.1. The summed E-state index contributed by atoms with van der Waals surface area (Å²) in [4.78, 5) is 27.0. The third-order valence-corrected chi connectivity index (χ3v) is 5.45. The van der Waals surface area contributed by atoms with E-state index < -0.39 is 0 Å². The third-order valence-electron chi connectivity index (χ3n) is 5.45. The predicted octanol–water partition coefficient (Wildman–Crippen LogP) is 2.07. The van der Waals surface area contributed by atoms with Crippen LogP contribution in [0.3, 0.4) is 0 Å². The molecule has 7 nitrogen and oxygen atoms in total. The molecule has 1 unspecified atom stereocenters. The fourth-order valence-electron chi connectivity index (χ4n) is 3.75. The summed E-state index contributed by atoms with van der Waals surface area (Å²) in [6, 6.07) is 7.18. The zero-order valence-corrected chi connectivity index (χ0v) is 17.9. The van der Waals surface area contributed by atoms with Gasteiger partial charge in [0, 0.05) is 31.2 Å².